The minimum atomic E-state index is -0.559. The van der Waals surface area contributed by atoms with Gasteiger partial charge in [-0.3, -0.25) is 4.79 Å². The number of hydrogen-bond donors (Lipinski definition) is 1. The van der Waals surface area contributed by atoms with Gasteiger partial charge in [0.2, 0.25) is 0 Å². The Morgan fingerprint density at radius 1 is 1.33 bits per heavy atom. The van der Waals surface area contributed by atoms with Crippen molar-refractivity contribution in [2.24, 2.45) is 5.73 Å². The van der Waals surface area contributed by atoms with Crippen molar-refractivity contribution >= 4 is 5.91 Å². The quantitative estimate of drug-likeness (QED) is 0.749. The summed E-state index contributed by atoms with van der Waals surface area (Å²) in [4.78, 5) is 11.0. The fraction of sp³-hybridized carbons (Fsp3) is 0.0833. The van der Waals surface area contributed by atoms with E-state index >= 15 is 0 Å². The SMILES string of the molecule is NC(=O)/C1=C/C=C\Cc2ccccc2O1. The fourth-order valence-electron chi connectivity index (χ4n) is 1.41. The molecule has 1 heterocycles. The molecule has 1 aromatic rings. The highest BCUT2D eigenvalue weighted by molar-refractivity contribution is 5.90. The number of fused-ring (bicyclic) bond motifs is 1. The fourth-order valence-corrected chi connectivity index (χ4v) is 1.41. The van der Waals surface area contributed by atoms with Gasteiger partial charge in [-0.15, -0.1) is 0 Å². The summed E-state index contributed by atoms with van der Waals surface area (Å²) in [6, 6.07) is 7.59. The van der Waals surface area contributed by atoms with E-state index in [2.05, 4.69) is 0 Å². The third kappa shape index (κ3) is 2.07. The number of benzene rings is 1. The first kappa shape index (κ1) is 9.52. The van der Waals surface area contributed by atoms with Gasteiger partial charge in [-0.25, -0.2) is 0 Å². The average Bonchev–Trinajstić information content (AvgIpc) is 2.18. The molecular weight excluding hydrogens is 190 g/mol. The van der Waals surface area contributed by atoms with Gasteiger partial charge in [-0.05, 0) is 24.1 Å². The first-order valence-electron chi connectivity index (χ1n) is 4.70. The molecule has 0 atom stereocenters. The Kier molecular flexibility index (Phi) is 2.54. The number of carbonyl (C=O) groups is 1. The Morgan fingerprint density at radius 3 is 2.93 bits per heavy atom. The standard InChI is InChI=1S/C12H11NO2/c13-12(14)11-8-4-2-6-9-5-1-3-7-10(9)15-11/h1-5,7-8H,6H2,(H2,13,14)/b4-2-,11-8-. The number of carbonyl (C=O) groups excluding carboxylic acids is 1. The molecule has 2 N–H and O–H groups in total. The summed E-state index contributed by atoms with van der Waals surface area (Å²) in [6.45, 7) is 0. The number of amides is 1. The third-order valence-electron chi connectivity index (χ3n) is 2.16. The molecule has 0 bridgehead atoms. The van der Waals surface area contributed by atoms with Crippen LogP contribution in [0.15, 0.2) is 48.3 Å². The number of primary amides is 1. The zero-order valence-corrected chi connectivity index (χ0v) is 8.14. The normalized spacial score (nSPS) is 19.9. The molecular formula is C12H11NO2. The van der Waals surface area contributed by atoms with Gasteiger partial charge < -0.3 is 10.5 Å². The van der Waals surface area contributed by atoms with Crippen LogP contribution in [0.5, 0.6) is 5.75 Å². The monoisotopic (exact) mass is 201 g/mol. The van der Waals surface area contributed by atoms with Crippen molar-refractivity contribution in [1.29, 1.82) is 0 Å². The molecule has 1 aliphatic heterocycles. The van der Waals surface area contributed by atoms with E-state index in [-0.39, 0.29) is 5.76 Å². The van der Waals surface area contributed by atoms with Crippen molar-refractivity contribution < 1.29 is 9.53 Å². The lowest BCUT2D eigenvalue weighted by Gasteiger charge is -2.12. The summed E-state index contributed by atoms with van der Waals surface area (Å²) in [5.74, 6) is 0.293. The molecule has 3 nitrogen and oxygen atoms in total. The van der Waals surface area contributed by atoms with Gasteiger partial charge in [-0.1, -0.05) is 30.4 Å². The number of para-hydroxylation sites is 1. The minimum absolute atomic E-state index is 0.165. The van der Waals surface area contributed by atoms with E-state index < -0.39 is 5.91 Å². The Morgan fingerprint density at radius 2 is 2.13 bits per heavy atom. The van der Waals surface area contributed by atoms with Crippen molar-refractivity contribution in [2.75, 3.05) is 0 Å². The topological polar surface area (TPSA) is 52.3 Å². The van der Waals surface area contributed by atoms with Crippen molar-refractivity contribution in [3.8, 4) is 5.75 Å². The molecule has 0 saturated heterocycles. The first-order valence-corrected chi connectivity index (χ1v) is 4.70. The maximum absolute atomic E-state index is 11.0. The highest BCUT2D eigenvalue weighted by Crippen LogP contribution is 2.22. The molecule has 2 rings (SSSR count). The van der Waals surface area contributed by atoms with E-state index in [0.29, 0.717) is 5.75 Å². The van der Waals surface area contributed by atoms with Gasteiger partial charge in [0.15, 0.2) is 5.76 Å². The van der Waals surface area contributed by atoms with Crippen LogP contribution in [0.3, 0.4) is 0 Å². The Bertz CT molecular complexity index is 447. The highest BCUT2D eigenvalue weighted by atomic mass is 16.5. The lowest BCUT2D eigenvalue weighted by atomic mass is 10.1. The van der Waals surface area contributed by atoms with Gasteiger partial charge in [0.1, 0.15) is 5.75 Å². The van der Waals surface area contributed by atoms with Gasteiger partial charge in [0.25, 0.3) is 5.91 Å². The zero-order valence-electron chi connectivity index (χ0n) is 8.14. The van der Waals surface area contributed by atoms with Crippen LogP contribution in [0, 0.1) is 0 Å². The minimum Gasteiger partial charge on any atom is -0.451 e. The van der Waals surface area contributed by atoms with Crippen LogP contribution < -0.4 is 10.5 Å². The predicted molar refractivity (Wildman–Crippen MR) is 57.2 cm³/mol. The summed E-state index contributed by atoms with van der Waals surface area (Å²) in [5.41, 5.74) is 6.22. The largest absolute Gasteiger partial charge is 0.451 e. The van der Waals surface area contributed by atoms with E-state index in [1.807, 2.05) is 30.3 Å². The molecule has 0 spiro atoms. The lowest BCUT2D eigenvalue weighted by molar-refractivity contribution is -0.116. The molecule has 3 heteroatoms. The van der Waals surface area contributed by atoms with Crippen LogP contribution in [0.25, 0.3) is 0 Å². The van der Waals surface area contributed by atoms with Crippen molar-refractivity contribution in [3.05, 3.63) is 53.8 Å². The van der Waals surface area contributed by atoms with Crippen LogP contribution in [0.4, 0.5) is 0 Å². The average molecular weight is 201 g/mol. The molecule has 1 aliphatic rings. The van der Waals surface area contributed by atoms with Crippen LogP contribution in [-0.4, -0.2) is 5.91 Å². The van der Waals surface area contributed by atoms with E-state index in [1.165, 1.54) is 0 Å². The van der Waals surface area contributed by atoms with Gasteiger partial charge in [0, 0.05) is 0 Å². The predicted octanol–water partition coefficient (Wildman–Crippen LogP) is 1.55. The van der Waals surface area contributed by atoms with Crippen LogP contribution in [0.1, 0.15) is 5.56 Å². The van der Waals surface area contributed by atoms with E-state index in [0.717, 1.165) is 12.0 Å². The van der Waals surface area contributed by atoms with E-state index in [4.69, 9.17) is 10.5 Å². The number of nitrogens with two attached hydrogens (primary N) is 1. The first-order chi connectivity index (χ1) is 7.27. The van der Waals surface area contributed by atoms with Gasteiger partial charge in [0.05, 0.1) is 0 Å². The van der Waals surface area contributed by atoms with E-state index in [1.54, 1.807) is 12.2 Å². The summed E-state index contributed by atoms with van der Waals surface area (Å²) in [5, 5.41) is 0. The highest BCUT2D eigenvalue weighted by Gasteiger charge is 2.10. The maximum atomic E-state index is 11.0. The number of allylic oxidation sites excluding steroid dienone is 3. The molecule has 1 amide bonds. The van der Waals surface area contributed by atoms with Gasteiger partial charge in [-0.2, -0.15) is 0 Å². The second-order valence-electron chi connectivity index (χ2n) is 3.24. The number of rotatable bonds is 1. The molecule has 0 aliphatic carbocycles. The Balaban J connectivity index is 2.41. The molecule has 0 unspecified atom stereocenters. The second-order valence-corrected chi connectivity index (χ2v) is 3.24. The molecule has 0 radical (unpaired) electrons. The van der Waals surface area contributed by atoms with E-state index in [9.17, 15) is 4.79 Å². The van der Waals surface area contributed by atoms with Gasteiger partial charge >= 0.3 is 0 Å². The molecule has 15 heavy (non-hydrogen) atoms. The second kappa shape index (κ2) is 4.00. The van der Waals surface area contributed by atoms with Crippen molar-refractivity contribution in [1.82, 2.24) is 0 Å². The number of hydrogen-bond acceptors (Lipinski definition) is 2. The Hall–Kier alpha value is -2.03. The van der Waals surface area contributed by atoms with Crippen LogP contribution in [-0.2, 0) is 11.2 Å². The summed E-state index contributed by atoms with van der Waals surface area (Å²) >= 11 is 0. The smallest absolute Gasteiger partial charge is 0.284 e. The summed E-state index contributed by atoms with van der Waals surface area (Å²) in [7, 11) is 0. The lowest BCUT2D eigenvalue weighted by Crippen LogP contribution is -2.18. The summed E-state index contributed by atoms with van der Waals surface area (Å²) < 4.78 is 5.43. The molecule has 0 aromatic heterocycles. The third-order valence-corrected chi connectivity index (χ3v) is 2.16. The zero-order chi connectivity index (χ0) is 10.7. The molecule has 0 fully saturated rings. The molecule has 1 aromatic carbocycles. The summed E-state index contributed by atoms with van der Waals surface area (Å²) in [6.07, 6.45) is 6.11. The van der Waals surface area contributed by atoms with Crippen LogP contribution >= 0.6 is 0 Å². The Labute approximate surface area is 87.9 Å². The van der Waals surface area contributed by atoms with Crippen molar-refractivity contribution in [2.45, 2.75) is 6.42 Å². The van der Waals surface area contributed by atoms with Crippen LogP contribution in [0.2, 0.25) is 0 Å². The molecule has 0 saturated carbocycles. The maximum Gasteiger partial charge on any atom is 0.284 e. The number of ether oxygens (including phenoxy) is 1. The molecule has 76 valence electrons. The van der Waals surface area contributed by atoms with Crippen molar-refractivity contribution in [3.63, 3.8) is 0 Å².